The second kappa shape index (κ2) is 6.28. The summed E-state index contributed by atoms with van der Waals surface area (Å²) in [6.07, 6.45) is 1.42. The number of isocyanates is 1. The minimum atomic E-state index is -0.515. The molecule has 0 heterocycles. The Morgan fingerprint density at radius 1 is 1.05 bits per heavy atom. The first-order chi connectivity index (χ1) is 9.31. The van der Waals surface area contributed by atoms with Gasteiger partial charge in [-0.2, -0.15) is 4.99 Å². The molecule has 4 nitrogen and oxygen atoms in total. The van der Waals surface area contributed by atoms with Gasteiger partial charge in [0, 0.05) is 0 Å². The van der Waals surface area contributed by atoms with Gasteiger partial charge in [0.15, 0.2) is 0 Å². The van der Waals surface area contributed by atoms with Gasteiger partial charge in [-0.3, -0.25) is 0 Å². The fourth-order valence-electron chi connectivity index (χ4n) is 1.59. The third-order valence-electron chi connectivity index (χ3n) is 2.50. The summed E-state index contributed by atoms with van der Waals surface area (Å²) in [7, 11) is 0. The van der Waals surface area contributed by atoms with Gasteiger partial charge in [-0.05, 0) is 17.7 Å². The Balaban J connectivity index is 2.10. The Labute approximate surface area is 110 Å². The van der Waals surface area contributed by atoms with E-state index in [1.165, 1.54) is 6.08 Å². The number of ether oxygens (including phenoxy) is 1. The summed E-state index contributed by atoms with van der Waals surface area (Å²) in [6, 6.07) is 15.8. The molecule has 0 spiro atoms. The highest BCUT2D eigenvalue weighted by atomic mass is 16.5. The maximum atomic E-state index is 11.9. The third kappa shape index (κ3) is 3.37. The van der Waals surface area contributed by atoms with Crippen LogP contribution in [0, 0.1) is 0 Å². The van der Waals surface area contributed by atoms with Gasteiger partial charge in [0.05, 0.1) is 11.3 Å². The summed E-state index contributed by atoms with van der Waals surface area (Å²) in [5.41, 5.74) is 1.41. The number of hydrogen-bond donors (Lipinski definition) is 0. The molecule has 0 aliphatic carbocycles. The lowest BCUT2D eigenvalue weighted by molar-refractivity contribution is 0.0474. The van der Waals surface area contributed by atoms with Crippen molar-refractivity contribution in [3.63, 3.8) is 0 Å². The molecule has 0 bridgehead atoms. The zero-order valence-electron chi connectivity index (χ0n) is 10.1. The summed E-state index contributed by atoms with van der Waals surface area (Å²) >= 11 is 0. The zero-order chi connectivity index (χ0) is 13.5. The highest BCUT2D eigenvalue weighted by Crippen LogP contribution is 2.19. The number of hydrogen-bond acceptors (Lipinski definition) is 4. The zero-order valence-corrected chi connectivity index (χ0v) is 10.1. The second-order valence-corrected chi connectivity index (χ2v) is 3.78. The fourth-order valence-corrected chi connectivity index (χ4v) is 1.59. The normalized spacial score (nSPS) is 9.47. The molecule has 0 unspecified atom stereocenters. The summed E-state index contributed by atoms with van der Waals surface area (Å²) in [5, 5.41) is 0. The summed E-state index contributed by atoms with van der Waals surface area (Å²) in [4.78, 5) is 25.7. The Kier molecular flexibility index (Phi) is 4.21. The molecule has 0 amide bonds. The van der Waals surface area contributed by atoms with Crippen LogP contribution >= 0.6 is 0 Å². The van der Waals surface area contributed by atoms with E-state index in [-0.39, 0.29) is 17.9 Å². The van der Waals surface area contributed by atoms with Crippen molar-refractivity contribution in [2.24, 2.45) is 4.99 Å². The Morgan fingerprint density at radius 2 is 1.74 bits per heavy atom. The van der Waals surface area contributed by atoms with E-state index in [9.17, 15) is 9.59 Å². The number of carbonyl (C=O) groups is 1. The first-order valence-corrected chi connectivity index (χ1v) is 5.69. The number of para-hydroxylation sites is 1. The minimum Gasteiger partial charge on any atom is -0.457 e. The van der Waals surface area contributed by atoms with Gasteiger partial charge in [0.1, 0.15) is 6.61 Å². The van der Waals surface area contributed by atoms with Crippen molar-refractivity contribution >= 4 is 17.7 Å². The van der Waals surface area contributed by atoms with Crippen molar-refractivity contribution in [2.75, 3.05) is 0 Å². The quantitative estimate of drug-likeness (QED) is 0.478. The van der Waals surface area contributed by atoms with Crippen LogP contribution in [-0.2, 0) is 16.1 Å². The van der Waals surface area contributed by atoms with E-state index in [1.807, 2.05) is 30.3 Å². The molecular formula is C15H11NO3. The maximum absolute atomic E-state index is 11.9. The molecule has 4 heteroatoms. The van der Waals surface area contributed by atoms with Crippen molar-refractivity contribution in [3.8, 4) is 0 Å². The average Bonchev–Trinajstić information content (AvgIpc) is 2.47. The van der Waals surface area contributed by atoms with E-state index in [2.05, 4.69) is 4.99 Å². The van der Waals surface area contributed by atoms with Crippen molar-refractivity contribution in [3.05, 3.63) is 65.7 Å². The van der Waals surface area contributed by atoms with Gasteiger partial charge < -0.3 is 4.74 Å². The van der Waals surface area contributed by atoms with E-state index in [1.54, 1.807) is 24.3 Å². The second-order valence-electron chi connectivity index (χ2n) is 3.78. The summed E-state index contributed by atoms with van der Waals surface area (Å²) in [6.45, 7) is 0.179. The van der Waals surface area contributed by atoms with Gasteiger partial charge in [-0.15, -0.1) is 0 Å². The summed E-state index contributed by atoms with van der Waals surface area (Å²) < 4.78 is 5.17. The van der Waals surface area contributed by atoms with Crippen LogP contribution in [0.2, 0.25) is 0 Å². The molecule has 2 aromatic carbocycles. The minimum absolute atomic E-state index is 0.179. The van der Waals surface area contributed by atoms with Crippen LogP contribution in [0.15, 0.2) is 59.6 Å². The topological polar surface area (TPSA) is 55.7 Å². The Morgan fingerprint density at radius 3 is 2.47 bits per heavy atom. The molecule has 19 heavy (non-hydrogen) atoms. The standard InChI is InChI=1S/C15H11NO3/c17-11-16-14-9-5-4-8-13(14)15(18)19-10-12-6-2-1-3-7-12/h1-9H,10H2. The number of nitrogens with zero attached hydrogens (tertiary/aromatic N) is 1. The molecule has 2 aromatic rings. The van der Waals surface area contributed by atoms with Crippen LogP contribution in [0.1, 0.15) is 15.9 Å². The lowest BCUT2D eigenvalue weighted by atomic mass is 10.2. The fraction of sp³-hybridized carbons (Fsp3) is 0.0667. The number of carbonyl (C=O) groups excluding carboxylic acids is 2. The van der Waals surface area contributed by atoms with Crippen molar-refractivity contribution in [2.45, 2.75) is 6.61 Å². The lowest BCUT2D eigenvalue weighted by Crippen LogP contribution is -2.05. The van der Waals surface area contributed by atoms with Crippen molar-refractivity contribution in [1.82, 2.24) is 0 Å². The van der Waals surface area contributed by atoms with Crippen molar-refractivity contribution < 1.29 is 14.3 Å². The number of esters is 1. The van der Waals surface area contributed by atoms with E-state index in [0.29, 0.717) is 0 Å². The largest absolute Gasteiger partial charge is 0.457 e. The van der Waals surface area contributed by atoms with Crippen LogP contribution in [0.4, 0.5) is 5.69 Å². The third-order valence-corrected chi connectivity index (χ3v) is 2.50. The van der Waals surface area contributed by atoms with E-state index in [0.717, 1.165) is 5.56 Å². The van der Waals surface area contributed by atoms with Gasteiger partial charge in [0.25, 0.3) is 0 Å². The van der Waals surface area contributed by atoms with E-state index in [4.69, 9.17) is 4.74 Å². The first kappa shape index (κ1) is 12.7. The Hall–Kier alpha value is -2.71. The molecular weight excluding hydrogens is 242 g/mol. The van der Waals surface area contributed by atoms with E-state index >= 15 is 0 Å². The number of rotatable bonds is 4. The summed E-state index contributed by atoms with van der Waals surface area (Å²) in [5.74, 6) is -0.515. The molecule has 94 valence electrons. The molecule has 0 atom stereocenters. The number of aliphatic imine (C=N–C) groups is 1. The lowest BCUT2D eigenvalue weighted by Gasteiger charge is -2.06. The van der Waals surface area contributed by atoms with E-state index < -0.39 is 5.97 Å². The van der Waals surface area contributed by atoms with Crippen LogP contribution in [-0.4, -0.2) is 12.0 Å². The predicted molar refractivity (Wildman–Crippen MR) is 69.8 cm³/mol. The maximum Gasteiger partial charge on any atom is 0.340 e. The smallest absolute Gasteiger partial charge is 0.340 e. The van der Waals surface area contributed by atoms with Crippen LogP contribution in [0.5, 0.6) is 0 Å². The molecule has 0 radical (unpaired) electrons. The van der Waals surface area contributed by atoms with Gasteiger partial charge >= 0.3 is 5.97 Å². The van der Waals surface area contributed by atoms with Crippen molar-refractivity contribution in [1.29, 1.82) is 0 Å². The molecule has 0 saturated carbocycles. The molecule has 0 saturated heterocycles. The van der Waals surface area contributed by atoms with Gasteiger partial charge in [-0.25, -0.2) is 9.59 Å². The van der Waals surface area contributed by atoms with Gasteiger partial charge in [0.2, 0.25) is 6.08 Å². The van der Waals surface area contributed by atoms with Crippen LogP contribution in [0.25, 0.3) is 0 Å². The molecule has 0 aromatic heterocycles. The monoisotopic (exact) mass is 253 g/mol. The molecule has 0 aliphatic rings. The molecule has 0 aliphatic heterocycles. The highest BCUT2D eigenvalue weighted by Gasteiger charge is 2.11. The molecule has 2 rings (SSSR count). The average molecular weight is 253 g/mol. The number of benzene rings is 2. The first-order valence-electron chi connectivity index (χ1n) is 5.69. The molecule has 0 N–H and O–H groups in total. The highest BCUT2D eigenvalue weighted by molar-refractivity contribution is 5.95. The van der Waals surface area contributed by atoms with Crippen LogP contribution < -0.4 is 0 Å². The van der Waals surface area contributed by atoms with Crippen LogP contribution in [0.3, 0.4) is 0 Å². The Bertz CT molecular complexity index is 616. The van der Waals surface area contributed by atoms with Gasteiger partial charge in [-0.1, -0.05) is 42.5 Å². The molecule has 0 fully saturated rings. The SMILES string of the molecule is O=C=Nc1ccccc1C(=O)OCc1ccccc1. The predicted octanol–water partition coefficient (Wildman–Crippen LogP) is 3.01.